The van der Waals surface area contributed by atoms with Gasteiger partial charge >= 0.3 is 0 Å². The fourth-order valence-corrected chi connectivity index (χ4v) is 1.25. The Morgan fingerprint density at radius 2 is 2.27 bits per heavy atom. The molecule has 1 aliphatic rings. The van der Waals surface area contributed by atoms with Crippen molar-refractivity contribution in [1.82, 2.24) is 9.80 Å². The molecule has 0 radical (unpaired) electrons. The third-order valence-corrected chi connectivity index (χ3v) is 1.78. The van der Waals surface area contributed by atoms with E-state index in [0.717, 1.165) is 13.2 Å². The first-order chi connectivity index (χ1) is 5.25. The first-order valence-corrected chi connectivity index (χ1v) is 3.96. The molecule has 1 aliphatic heterocycles. The molecule has 64 valence electrons. The van der Waals surface area contributed by atoms with Gasteiger partial charge in [0.25, 0.3) is 0 Å². The lowest BCUT2D eigenvalue weighted by Crippen LogP contribution is -2.46. The van der Waals surface area contributed by atoms with Crippen LogP contribution in [0.2, 0.25) is 0 Å². The summed E-state index contributed by atoms with van der Waals surface area (Å²) < 4.78 is 5.51. The van der Waals surface area contributed by atoms with E-state index in [0.29, 0.717) is 0 Å². The number of hydrogen-bond acceptors (Lipinski definition) is 3. The van der Waals surface area contributed by atoms with Crippen LogP contribution in [0.15, 0.2) is 12.3 Å². The van der Waals surface area contributed by atoms with Crippen molar-refractivity contribution >= 4 is 0 Å². The first-order valence-electron chi connectivity index (χ1n) is 3.96. The molecule has 0 spiro atoms. The van der Waals surface area contributed by atoms with Crippen molar-refractivity contribution in [1.29, 1.82) is 0 Å². The van der Waals surface area contributed by atoms with Crippen molar-refractivity contribution in [3.8, 4) is 0 Å². The second-order valence-corrected chi connectivity index (χ2v) is 2.77. The van der Waals surface area contributed by atoms with Gasteiger partial charge in [0.1, 0.15) is 0 Å². The van der Waals surface area contributed by atoms with Gasteiger partial charge in [-0.3, -0.25) is 4.90 Å². The van der Waals surface area contributed by atoms with Gasteiger partial charge in [-0.25, -0.2) is 0 Å². The molecular weight excluding hydrogens is 140 g/mol. The van der Waals surface area contributed by atoms with Crippen LogP contribution in [0.1, 0.15) is 6.92 Å². The summed E-state index contributed by atoms with van der Waals surface area (Å²) in [7, 11) is 4.08. The molecule has 0 amide bonds. The van der Waals surface area contributed by atoms with Gasteiger partial charge in [0.15, 0.2) is 6.35 Å². The molecule has 1 rings (SSSR count). The molecular formula is C8H16N2O. The molecule has 0 aromatic heterocycles. The summed E-state index contributed by atoms with van der Waals surface area (Å²) in [6.07, 6.45) is 4.29. The van der Waals surface area contributed by atoms with Crippen LogP contribution in [-0.2, 0) is 4.74 Å². The van der Waals surface area contributed by atoms with Gasteiger partial charge < -0.3 is 9.64 Å². The van der Waals surface area contributed by atoms with Crippen molar-refractivity contribution in [2.24, 2.45) is 0 Å². The van der Waals surface area contributed by atoms with Gasteiger partial charge in [-0.1, -0.05) is 6.08 Å². The quantitative estimate of drug-likeness (QED) is 0.585. The predicted molar refractivity (Wildman–Crippen MR) is 44.9 cm³/mol. The Hall–Kier alpha value is -0.540. The van der Waals surface area contributed by atoms with Crippen molar-refractivity contribution in [3.05, 3.63) is 12.3 Å². The van der Waals surface area contributed by atoms with Crippen LogP contribution < -0.4 is 0 Å². The second-order valence-electron chi connectivity index (χ2n) is 2.77. The zero-order chi connectivity index (χ0) is 8.27. The molecule has 0 bridgehead atoms. The molecule has 0 aromatic carbocycles. The lowest BCUT2D eigenvalue weighted by Gasteiger charge is -2.36. The Bertz CT molecular complexity index is 147. The lowest BCUT2D eigenvalue weighted by molar-refractivity contribution is -0.117. The van der Waals surface area contributed by atoms with E-state index in [1.807, 2.05) is 14.0 Å². The summed E-state index contributed by atoms with van der Waals surface area (Å²) in [4.78, 5) is 4.22. The average molecular weight is 156 g/mol. The molecule has 0 aliphatic carbocycles. The van der Waals surface area contributed by atoms with Gasteiger partial charge in [0.05, 0.1) is 0 Å². The molecule has 0 saturated carbocycles. The van der Waals surface area contributed by atoms with Gasteiger partial charge in [-0.15, -0.1) is 0 Å². The van der Waals surface area contributed by atoms with Gasteiger partial charge in [0.2, 0.25) is 0 Å². The molecule has 0 aromatic rings. The third-order valence-electron chi connectivity index (χ3n) is 1.78. The maximum Gasteiger partial charge on any atom is 0.188 e. The van der Waals surface area contributed by atoms with Crippen LogP contribution in [0.25, 0.3) is 0 Å². The van der Waals surface area contributed by atoms with E-state index in [1.165, 1.54) is 0 Å². The van der Waals surface area contributed by atoms with Crippen LogP contribution >= 0.6 is 0 Å². The van der Waals surface area contributed by atoms with Crippen molar-refractivity contribution in [3.63, 3.8) is 0 Å². The molecule has 11 heavy (non-hydrogen) atoms. The molecule has 3 heteroatoms. The van der Waals surface area contributed by atoms with Crippen LogP contribution in [0, 0.1) is 0 Å². The fourth-order valence-electron chi connectivity index (χ4n) is 1.25. The van der Waals surface area contributed by atoms with E-state index in [1.54, 1.807) is 0 Å². The topological polar surface area (TPSA) is 15.7 Å². The largest absolute Gasteiger partial charge is 0.345 e. The molecule has 3 nitrogen and oxygen atoms in total. The number of hydrogen-bond donors (Lipinski definition) is 0. The molecule has 0 N–H and O–H groups in total. The van der Waals surface area contributed by atoms with E-state index in [9.17, 15) is 0 Å². The molecule has 1 unspecified atom stereocenters. The summed E-state index contributed by atoms with van der Waals surface area (Å²) in [5, 5.41) is 0. The highest BCUT2D eigenvalue weighted by Gasteiger charge is 2.19. The molecule has 1 heterocycles. The number of likely N-dealkylation sites (N-methyl/N-ethyl adjacent to an activating group) is 1. The predicted octanol–water partition coefficient (Wildman–Crippen LogP) is 0.697. The Labute approximate surface area is 68.2 Å². The standard InChI is InChI=1S/C8H16N2O/c1-4-11-8-9(2)6-5-7-10(8)3/h5-6,8H,4,7H2,1-3H3. The van der Waals surface area contributed by atoms with E-state index in [-0.39, 0.29) is 6.35 Å². The summed E-state index contributed by atoms with van der Waals surface area (Å²) in [6.45, 7) is 3.74. The van der Waals surface area contributed by atoms with Crippen LogP contribution in [0.3, 0.4) is 0 Å². The highest BCUT2D eigenvalue weighted by atomic mass is 16.5. The van der Waals surface area contributed by atoms with E-state index in [2.05, 4.69) is 29.1 Å². The van der Waals surface area contributed by atoms with Gasteiger partial charge in [-0.05, 0) is 20.2 Å². The Kier molecular flexibility index (Phi) is 2.91. The first kappa shape index (κ1) is 8.56. The SMILES string of the molecule is CCOC1N(C)C=CCN1C. The molecule has 1 atom stereocenters. The smallest absolute Gasteiger partial charge is 0.188 e. The Morgan fingerprint density at radius 1 is 1.55 bits per heavy atom. The maximum atomic E-state index is 5.51. The second kappa shape index (κ2) is 3.74. The highest BCUT2D eigenvalue weighted by molar-refractivity contribution is 4.89. The number of nitrogens with zero attached hydrogens (tertiary/aromatic N) is 2. The van der Waals surface area contributed by atoms with Crippen molar-refractivity contribution in [2.45, 2.75) is 13.3 Å². The third kappa shape index (κ3) is 1.94. The molecule has 0 saturated heterocycles. The highest BCUT2D eigenvalue weighted by Crippen LogP contribution is 2.08. The minimum absolute atomic E-state index is 0.116. The van der Waals surface area contributed by atoms with Crippen LogP contribution in [-0.4, -0.2) is 43.4 Å². The van der Waals surface area contributed by atoms with E-state index >= 15 is 0 Å². The van der Waals surface area contributed by atoms with Crippen LogP contribution in [0.4, 0.5) is 0 Å². The normalized spacial score (nSPS) is 26.1. The minimum Gasteiger partial charge on any atom is -0.345 e. The summed E-state index contributed by atoms with van der Waals surface area (Å²) in [5.74, 6) is 0. The Morgan fingerprint density at radius 3 is 2.82 bits per heavy atom. The summed E-state index contributed by atoms with van der Waals surface area (Å²) >= 11 is 0. The van der Waals surface area contributed by atoms with Crippen molar-refractivity contribution in [2.75, 3.05) is 27.2 Å². The van der Waals surface area contributed by atoms with Gasteiger partial charge in [0, 0.05) is 20.2 Å². The maximum absolute atomic E-state index is 5.51. The zero-order valence-corrected chi connectivity index (χ0v) is 7.45. The Balaban J connectivity index is 2.52. The van der Waals surface area contributed by atoms with Crippen LogP contribution in [0.5, 0.6) is 0 Å². The zero-order valence-electron chi connectivity index (χ0n) is 7.45. The summed E-state index contributed by atoms with van der Waals surface area (Å²) in [5.41, 5.74) is 0. The number of rotatable bonds is 2. The van der Waals surface area contributed by atoms with Gasteiger partial charge in [-0.2, -0.15) is 0 Å². The van der Waals surface area contributed by atoms with E-state index in [4.69, 9.17) is 4.74 Å². The minimum atomic E-state index is 0.116. The molecule has 0 fully saturated rings. The fraction of sp³-hybridized carbons (Fsp3) is 0.750. The monoisotopic (exact) mass is 156 g/mol. The van der Waals surface area contributed by atoms with Crippen molar-refractivity contribution < 1.29 is 4.74 Å². The number of ether oxygens (including phenoxy) is 1. The van der Waals surface area contributed by atoms with E-state index < -0.39 is 0 Å². The average Bonchev–Trinajstić information content (AvgIpc) is 1.97. The lowest BCUT2D eigenvalue weighted by atomic mass is 10.4. The summed E-state index contributed by atoms with van der Waals surface area (Å²) in [6, 6.07) is 0.